The number of aromatic nitrogens is 2. The lowest BCUT2D eigenvalue weighted by molar-refractivity contribution is -0.139. The van der Waals surface area contributed by atoms with Gasteiger partial charge in [0.15, 0.2) is 12.4 Å². The second-order valence-electron chi connectivity index (χ2n) is 5.62. The van der Waals surface area contributed by atoms with Gasteiger partial charge in [0.2, 0.25) is 0 Å². The number of ether oxygens (including phenoxy) is 1. The smallest absolute Gasteiger partial charge is 0.341 e. The highest BCUT2D eigenvalue weighted by Crippen LogP contribution is 2.29. The number of carboxylic acids is 1. The largest absolute Gasteiger partial charge is 0.481 e. The fraction of sp³-hybridized carbons (Fsp3) is 0.105. The number of ketones is 1. The molecule has 0 amide bonds. The topological polar surface area (TPSA) is 81.4 Å². The number of nitrogens with zero attached hydrogens (tertiary/aromatic N) is 2. The van der Waals surface area contributed by atoms with Crippen molar-refractivity contribution in [1.82, 2.24) is 9.78 Å². The molecular weight excluding hydrogens is 356 g/mol. The van der Waals surface area contributed by atoms with E-state index >= 15 is 0 Å². The molecule has 7 heteroatoms. The maximum Gasteiger partial charge on any atom is 0.341 e. The number of benzene rings is 2. The van der Waals surface area contributed by atoms with Crippen LogP contribution in [-0.4, -0.2) is 33.2 Å². The monoisotopic (exact) mass is 370 g/mol. The Bertz CT molecular complexity index is 967. The van der Waals surface area contributed by atoms with Gasteiger partial charge in [0.25, 0.3) is 0 Å². The van der Waals surface area contributed by atoms with Crippen LogP contribution in [0.15, 0.2) is 54.9 Å². The Kier molecular flexibility index (Phi) is 5.04. The molecule has 0 unspecified atom stereocenters. The Labute approximate surface area is 154 Å². The van der Waals surface area contributed by atoms with Crippen molar-refractivity contribution in [1.29, 1.82) is 0 Å². The highest BCUT2D eigenvalue weighted by atomic mass is 35.5. The number of carbonyl (C=O) groups excluding carboxylic acids is 1. The summed E-state index contributed by atoms with van der Waals surface area (Å²) < 4.78 is 6.85. The minimum absolute atomic E-state index is 0.173. The average molecular weight is 371 g/mol. The first kappa shape index (κ1) is 17.7. The highest BCUT2D eigenvalue weighted by Gasteiger charge is 2.19. The average Bonchev–Trinajstić information content (AvgIpc) is 3.12. The number of rotatable bonds is 6. The predicted octanol–water partition coefficient (Wildman–Crippen LogP) is 3.53. The number of para-hydroxylation sites is 1. The normalized spacial score (nSPS) is 10.5. The Morgan fingerprint density at radius 3 is 2.65 bits per heavy atom. The van der Waals surface area contributed by atoms with Crippen molar-refractivity contribution in [2.45, 2.75) is 6.92 Å². The van der Waals surface area contributed by atoms with E-state index in [-0.39, 0.29) is 17.1 Å². The summed E-state index contributed by atoms with van der Waals surface area (Å²) >= 11 is 6.14. The molecule has 0 aliphatic carbocycles. The van der Waals surface area contributed by atoms with E-state index in [2.05, 4.69) is 5.10 Å². The lowest BCUT2D eigenvalue weighted by Crippen LogP contribution is -2.12. The zero-order chi connectivity index (χ0) is 18.7. The van der Waals surface area contributed by atoms with Crippen LogP contribution in [0.2, 0.25) is 5.02 Å². The van der Waals surface area contributed by atoms with Gasteiger partial charge in [0.1, 0.15) is 5.75 Å². The van der Waals surface area contributed by atoms with E-state index in [1.165, 1.54) is 12.3 Å². The number of aliphatic carboxylic acids is 1. The van der Waals surface area contributed by atoms with Gasteiger partial charge >= 0.3 is 5.97 Å². The fourth-order valence-corrected chi connectivity index (χ4v) is 2.57. The number of carboxylic acid groups (broad SMARTS) is 1. The summed E-state index contributed by atoms with van der Waals surface area (Å²) in [5, 5.41) is 13.4. The molecule has 1 aromatic heterocycles. The third kappa shape index (κ3) is 3.75. The van der Waals surface area contributed by atoms with Crippen LogP contribution in [0.3, 0.4) is 0 Å². The van der Waals surface area contributed by atoms with Crippen LogP contribution in [0.25, 0.3) is 5.69 Å². The van der Waals surface area contributed by atoms with Crippen molar-refractivity contribution in [3.63, 3.8) is 0 Å². The van der Waals surface area contributed by atoms with E-state index in [0.29, 0.717) is 16.1 Å². The van der Waals surface area contributed by atoms with Crippen LogP contribution in [-0.2, 0) is 4.79 Å². The molecule has 3 rings (SSSR count). The number of halogens is 1. The quantitative estimate of drug-likeness (QED) is 0.671. The van der Waals surface area contributed by atoms with Crippen molar-refractivity contribution < 1.29 is 19.4 Å². The van der Waals surface area contributed by atoms with E-state index in [1.54, 1.807) is 23.9 Å². The standard InChI is InChI=1S/C19H15ClN2O4/c1-12-7-17(26-11-18(23)24)15(8-16(12)20)19(25)13-9-21-22(10-13)14-5-3-2-4-6-14/h2-10H,11H2,1H3,(H,23,24). The third-order valence-corrected chi connectivity index (χ3v) is 4.13. The van der Waals surface area contributed by atoms with Gasteiger partial charge in [0, 0.05) is 11.2 Å². The molecule has 0 aliphatic heterocycles. The van der Waals surface area contributed by atoms with Gasteiger partial charge in [-0.1, -0.05) is 29.8 Å². The van der Waals surface area contributed by atoms with Crippen LogP contribution >= 0.6 is 11.6 Å². The van der Waals surface area contributed by atoms with Crippen molar-refractivity contribution in [3.8, 4) is 11.4 Å². The minimum atomic E-state index is -1.13. The minimum Gasteiger partial charge on any atom is -0.481 e. The third-order valence-electron chi connectivity index (χ3n) is 3.72. The first-order chi connectivity index (χ1) is 12.5. The van der Waals surface area contributed by atoms with Crippen molar-refractivity contribution in [3.05, 3.63) is 76.6 Å². The molecule has 26 heavy (non-hydrogen) atoms. The predicted molar refractivity (Wildman–Crippen MR) is 96.3 cm³/mol. The molecule has 0 saturated heterocycles. The molecule has 0 bridgehead atoms. The molecule has 1 N–H and O–H groups in total. The number of aryl methyl sites for hydroxylation is 1. The molecule has 0 saturated carbocycles. The van der Waals surface area contributed by atoms with Crippen LogP contribution < -0.4 is 4.74 Å². The van der Waals surface area contributed by atoms with Crippen molar-refractivity contribution in [2.24, 2.45) is 0 Å². The lowest BCUT2D eigenvalue weighted by atomic mass is 10.0. The summed E-state index contributed by atoms with van der Waals surface area (Å²) in [5.41, 5.74) is 2.03. The molecule has 1 heterocycles. The molecule has 0 atom stereocenters. The van der Waals surface area contributed by atoms with E-state index in [9.17, 15) is 9.59 Å². The molecule has 2 aromatic carbocycles. The van der Waals surface area contributed by atoms with Crippen LogP contribution in [0.4, 0.5) is 0 Å². The maximum absolute atomic E-state index is 12.9. The first-order valence-electron chi connectivity index (χ1n) is 7.75. The van der Waals surface area contributed by atoms with Crippen LogP contribution in [0, 0.1) is 6.92 Å². The summed E-state index contributed by atoms with van der Waals surface area (Å²) in [5.74, 6) is -1.31. The molecule has 6 nitrogen and oxygen atoms in total. The second kappa shape index (κ2) is 7.41. The Morgan fingerprint density at radius 2 is 1.96 bits per heavy atom. The van der Waals surface area contributed by atoms with Crippen molar-refractivity contribution in [2.75, 3.05) is 6.61 Å². The van der Waals surface area contributed by atoms with Gasteiger partial charge in [-0.25, -0.2) is 9.48 Å². The van der Waals surface area contributed by atoms with E-state index < -0.39 is 12.6 Å². The molecule has 3 aromatic rings. The highest BCUT2D eigenvalue weighted by molar-refractivity contribution is 6.32. The molecule has 0 aliphatic rings. The van der Waals surface area contributed by atoms with Gasteiger partial charge in [-0.05, 0) is 36.8 Å². The Morgan fingerprint density at radius 1 is 1.23 bits per heavy atom. The molecule has 0 fully saturated rings. The first-order valence-corrected chi connectivity index (χ1v) is 8.13. The van der Waals surface area contributed by atoms with Gasteiger partial charge < -0.3 is 9.84 Å². The zero-order valence-electron chi connectivity index (χ0n) is 13.8. The van der Waals surface area contributed by atoms with Gasteiger partial charge in [-0.3, -0.25) is 4.79 Å². The van der Waals surface area contributed by atoms with Gasteiger partial charge in [-0.15, -0.1) is 0 Å². The molecule has 0 radical (unpaired) electrons. The van der Waals surface area contributed by atoms with Crippen LogP contribution in [0.1, 0.15) is 21.5 Å². The van der Waals surface area contributed by atoms with E-state index in [0.717, 1.165) is 5.69 Å². The van der Waals surface area contributed by atoms with Crippen molar-refractivity contribution >= 4 is 23.4 Å². The number of carbonyl (C=O) groups is 2. The number of hydrogen-bond acceptors (Lipinski definition) is 4. The second-order valence-corrected chi connectivity index (χ2v) is 6.03. The maximum atomic E-state index is 12.9. The zero-order valence-corrected chi connectivity index (χ0v) is 14.6. The summed E-state index contributed by atoms with van der Waals surface area (Å²) in [7, 11) is 0. The SMILES string of the molecule is Cc1cc(OCC(=O)O)c(C(=O)c2cnn(-c3ccccc3)c2)cc1Cl. The molecule has 132 valence electrons. The van der Waals surface area contributed by atoms with E-state index in [4.69, 9.17) is 21.4 Å². The summed E-state index contributed by atoms with van der Waals surface area (Å²) in [6.45, 7) is 1.20. The van der Waals surface area contributed by atoms with Gasteiger partial charge in [0.05, 0.1) is 23.0 Å². The summed E-state index contributed by atoms with van der Waals surface area (Å²) in [6.07, 6.45) is 3.05. The number of hydrogen-bond donors (Lipinski definition) is 1. The Hall–Kier alpha value is -3.12. The van der Waals surface area contributed by atoms with E-state index in [1.807, 2.05) is 30.3 Å². The molecule has 0 spiro atoms. The molecular formula is C19H15ClN2O4. The van der Waals surface area contributed by atoms with Gasteiger partial charge in [-0.2, -0.15) is 5.10 Å². The van der Waals surface area contributed by atoms with Crippen LogP contribution in [0.5, 0.6) is 5.75 Å². The fourth-order valence-electron chi connectivity index (χ4n) is 2.41. The Balaban J connectivity index is 1.95. The summed E-state index contributed by atoms with van der Waals surface area (Å²) in [4.78, 5) is 23.7. The summed E-state index contributed by atoms with van der Waals surface area (Å²) in [6, 6.07) is 12.4. The lowest BCUT2D eigenvalue weighted by Gasteiger charge is -2.11.